The largest absolute Gasteiger partial charge is 0.396 e. The molecule has 0 radical (unpaired) electrons. The molecule has 6 rings (SSSR count). The van der Waals surface area contributed by atoms with Crippen LogP contribution in [0.5, 0.6) is 0 Å². The van der Waals surface area contributed by atoms with Gasteiger partial charge in [0, 0.05) is 42.3 Å². The Morgan fingerprint density at radius 2 is 1.91 bits per heavy atom. The summed E-state index contributed by atoms with van der Waals surface area (Å²) < 4.78 is 1.89. The van der Waals surface area contributed by atoms with Crippen LogP contribution >= 0.6 is 0 Å². The van der Waals surface area contributed by atoms with Gasteiger partial charge >= 0.3 is 0 Å². The third kappa shape index (κ3) is 3.22. The molecular weight excluding hydrogens is 414 g/mol. The van der Waals surface area contributed by atoms with E-state index in [4.69, 9.17) is 0 Å². The summed E-state index contributed by atoms with van der Waals surface area (Å²) in [7, 11) is 1.97. The number of pyridine rings is 1. The van der Waals surface area contributed by atoms with Crippen LogP contribution in [-0.2, 0) is 24.2 Å². The number of allylic oxidation sites excluding steroid dienone is 2. The van der Waals surface area contributed by atoms with Gasteiger partial charge in [0.05, 0.1) is 12.1 Å². The summed E-state index contributed by atoms with van der Waals surface area (Å²) in [6, 6.07) is 12.1. The van der Waals surface area contributed by atoms with Gasteiger partial charge in [-0.1, -0.05) is 30.3 Å². The maximum absolute atomic E-state index is 13.4. The lowest BCUT2D eigenvalue weighted by atomic mass is 9.88. The molecule has 1 aromatic heterocycles. The van der Waals surface area contributed by atoms with Crippen LogP contribution in [0.2, 0.25) is 0 Å². The van der Waals surface area contributed by atoms with E-state index in [0.717, 1.165) is 48.9 Å². The Morgan fingerprint density at radius 1 is 1.15 bits per heavy atom. The summed E-state index contributed by atoms with van der Waals surface area (Å²) in [6.07, 6.45) is 7.01. The number of nitrogens with zero attached hydrogens (tertiary/aromatic N) is 2. The minimum atomic E-state index is -0.394. The molecule has 3 heterocycles. The molecule has 2 aliphatic carbocycles. The Labute approximate surface area is 193 Å². The number of aromatic nitrogens is 1. The molecule has 0 bridgehead atoms. The fourth-order valence-corrected chi connectivity index (χ4v) is 6.88. The number of carbonyl (C=O) groups is 1. The van der Waals surface area contributed by atoms with Gasteiger partial charge in [-0.15, -0.1) is 0 Å². The van der Waals surface area contributed by atoms with E-state index in [1.807, 2.05) is 29.8 Å². The van der Waals surface area contributed by atoms with Crippen molar-refractivity contribution in [2.24, 2.45) is 11.8 Å². The van der Waals surface area contributed by atoms with Crippen molar-refractivity contribution in [2.75, 3.05) is 13.7 Å². The SMILES string of the molecule is CN1[C@H](C(=O)NC2Cc3ccccc3C2)[C@@H](CO)[C@@H]2Cn3c(ccc(C4=CCCC4)c3=O)[C@@H]21. The molecule has 4 atom stereocenters. The fourth-order valence-electron chi connectivity index (χ4n) is 6.88. The summed E-state index contributed by atoms with van der Waals surface area (Å²) in [5.41, 5.74) is 5.63. The quantitative estimate of drug-likeness (QED) is 0.757. The predicted molar refractivity (Wildman–Crippen MR) is 127 cm³/mol. The molecule has 6 nitrogen and oxygen atoms in total. The highest BCUT2D eigenvalue weighted by Gasteiger charge is 2.54. The number of benzene rings is 1. The van der Waals surface area contributed by atoms with E-state index < -0.39 is 6.04 Å². The van der Waals surface area contributed by atoms with Gasteiger partial charge in [-0.2, -0.15) is 0 Å². The first kappa shape index (κ1) is 20.9. The fraction of sp³-hybridized carbons (Fsp3) is 0.481. The van der Waals surface area contributed by atoms with E-state index in [2.05, 4.69) is 34.5 Å². The van der Waals surface area contributed by atoms with Crippen LogP contribution in [0.25, 0.3) is 5.57 Å². The van der Waals surface area contributed by atoms with Crippen LogP contribution < -0.4 is 10.9 Å². The topological polar surface area (TPSA) is 74.6 Å². The Bertz CT molecular complexity index is 1170. The molecule has 33 heavy (non-hydrogen) atoms. The molecule has 0 unspecified atom stereocenters. The predicted octanol–water partition coefficient (Wildman–Crippen LogP) is 2.29. The molecule has 0 saturated carbocycles. The third-order valence-corrected chi connectivity index (χ3v) is 8.41. The van der Waals surface area contributed by atoms with Gasteiger partial charge in [0.2, 0.25) is 5.91 Å². The first-order chi connectivity index (χ1) is 16.1. The Morgan fingerprint density at radius 3 is 2.58 bits per heavy atom. The van der Waals surface area contributed by atoms with Crippen LogP contribution in [0, 0.1) is 11.8 Å². The second-order valence-electron chi connectivity index (χ2n) is 10.2. The summed E-state index contributed by atoms with van der Waals surface area (Å²) in [5.74, 6) is -0.153. The molecule has 1 amide bonds. The number of nitrogens with one attached hydrogen (secondary N) is 1. The molecule has 172 valence electrons. The summed E-state index contributed by atoms with van der Waals surface area (Å²) in [6.45, 7) is 0.503. The van der Waals surface area contributed by atoms with Crippen molar-refractivity contribution in [3.63, 3.8) is 0 Å². The number of hydrogen-bond acceptors (Lipinski definition) is 4. The highest BCUT2D eigenvalue weighted by atomic mass is 16.3. The number of amides is 1. The summed E-state index contributed by atoms with van der Waals surface area (Å²) in [5, 5.41) is 13.6. The zero-order valence-corrected chi connectivity index (χ0v) is 19.0. The zero-order valence-electron chi connectivity index (χ0n) is 19.0. The van der Waals surface area contributed by atoms with Gasteiger partial charge in [0.1, 0.15) is 0 Å². The number of hydrogen-bond donors (Lipinski definition) is 2. The smallest absolute Gasteiger partial charge is 0.258 e. The highest BCUT2D eigenvalue weighted by Crippen LogP contribution is 2.48. The highest BCUT2D eigenvalue weighted by molar-refractivity contribution is 5.83. The van der Waals surface area contributed by atoms with Crippen molar-refractivity contribution < 1.29 is 9.90 Å². The van der Waals surface area contributed by atoms with Gasteiger partial charge in [-0.3, -0.25) is 14.5 Å². The Balaban J connectivity index is 1.25. The summed E-state index contributed by atoms with van der Waals surface area (Å²) >= 11 is 0. The molecule has 1 saturated heterocycles. The lowest BCUT2D eigenvalue weighted by Gasteiger charge is -2.28. The summed E-state index contributed by atoms with van der Waals surface area (Å²) in [4.78, 5) is 28.8. The van der Waals surface area contributed by atoms with E-state index in [-0.39, 0.29) is 42.0 Å². The molecular formula is C27H31N3O3. The van der Waals surface area contributed by atoms with Crippen LogP contribution in [0.1, 0.15) is 47.7 Å². The third-order valence-electron chi connectivity index (χ3n) is 8.41. The normalized spacial score (nSPS) is 28.5. The van der Waals surface area contributed by atoms with E-state index in [9.17, 15) is 14.7 Å². The Kier molecular flexibility index (Phi) is 5.03. The van der Waals surface area contributed by atoms with Crippen molar-refractivity contribution in [1.29, 1.82) is 0 Å². The van der Waals surface area contributed by atoms with Crippen LogP contribution in [0.4, 0.5) is 0 Å². The number of likely N-dealkylation sites (N-methyl/N-ethyl adjacent to an activating group) is 1. The number of carbonyl (C=O) groups excluding carboxylic acids is 1. The standard InChI is InChI=1S/C27H31N3O3/c1-29-24-21(14-30-23(24)11-10-20(27(30)33)16-6-2-3-7-16)22(15-31)25(29)26(32)28-19-12-17-8-4-5-9-18(17)13-19/h4-6,8-11,19,21-22,24-25,31H,2-3,7,12-15H2,1H3,(H,28,32)/t21-,22-,24+,25-/m0/s1. The van der Waals surface area contributed by atoms with Gasteiger partial charge in [-0.05, 0) is 68.0 Å². The second-order valence-corrected chi connectivity index (χ2v) is 10.2. The Hall–Kier alpha value is -2.70. The lowest BCUT2D eigenvalue weighted by Crippen LogP contribution is -2.50. The monoisotopic (exact) mass is 445 g/mol. The van der Waals surface area contributed by atoms with Crippen LogP contribution in [0.3, 0.4) is 0 Å². The number of rotatable bonds is 4. The average Bonchev–Trinajstić information content (AvgIpc) is 3.57. The van der Waals surface area contributed by atoms with Gasteiger partial charge in [0.25, 0.3) is 5.56 Å². The van der Waals surface area contributed by atoms with Crippen molar-refractivity contribution in [3.8, 4) is 0 Å². The minimum Gasteiger partial charge on any atom is -0.396 e. The average molecular weight is 446 g/mol. The van der Waals surface area contributed by atoms with Crippen molar-refractivity contribution in [1.82, 2.24) is 14.8 Å². The van der Waals surface area contributed by atoms with E-state index >= 15 is 0 Å². The van der Waals surface area contributed by atoms with E-state index in [0.29, 0.717) is 6.54 Å². The number of likely N-dealkylation sites (tertiary alicyclic amines) is 1. The molecule has 6 heteroatoms. The number of aliphatic hydroxyl groups is 1. The molecule has 4 aliphatic rings. The van der Waals surface area contributed by atoms with Gasteiger partial charge in [0.15, 0.2) is 0 Å². The molecule has 1 fully saturated rings. The van der Waals surface area contributed by atoms with Gasteiger partial charge < -0.3 is 15.0 Å². The maximum atomic E-state index is 13.4. The first-order valence-electron chi connectivity index (χ1n) is 12.2. The molecule has 2 N–H and O–H groups in total. The van der Waals surface area contributed by atoms with Crippen molar-refractivity contribution >= 4 is 11.5 Å². The van der Waals surface area contributed by atoms with Crippen molar-refractivity contribution in [3.05, 3.63) is 75.2 Å². The van der Waals surface area contributed by atoms with E-state index in [1.165, 1.54) is 11.1 Å². The van der Waals surface area contributed by atoms with Crippen molar-refractivity contribution in [2.45, 2.75) is 56.8 Å². The maximum Gasteiger partial charge on any atom is 0.258 e. The number of aliphatic hydroxyl groups excluding tert-OH is 1. The zero-order chi connectivity index (χ0) is 22.7. The molecule has 2 aromatic rings. The van der Waals surface area contributed by atoms with E-state index in [1.54, 1.807) is 0 Å². The number of fused-ring (bicyclic) bond motifs is 4. The van der Waals surface area contributed by atoms with Gasteiger partial charge in [-0.25, -0.2) is 0 Å². The molecule has 2 aliphatic heterocycles. The first-order valence-corrected chi connectivity index (χ1v) is 12.2. The minimum absolute atomic E-state index is 0.00890. The second kappa shape index (κ2) is 7.96. The van der Waals surface area contributed by atoms with Crippen LogP contribution in [0.15, 0.2) is 47.3 Å². The molecule has 1 aromatic carbocycles. The lowest BCUT2D eigenvalue weighted by molar-refractivity contribution is -0.127. The molecule has 0 spiro atoms. The van der Waals surface area contributed by atoms with Crippen LogP contribution in [-0.4, -0.2) is 46.2 Å².